The predicted octanol–water partition coefficient (Wildman–Crippen LogP) is -0.118. The minimum absolute atomic E-state index is 0.106. The second kappa shape index (κ2) is 3.59. The van der Waals surface area contributed by atoms with E-state index in [4.69, 9.17) is 5.73 Å². The number of aromatic nitrogens is 4. The second-order valence-corrected chi connectivity index (χ2v) is 3.76. The largest absolute Gasteiger partial charge is 0.375 e. The zero-order valence-electron chi connectivity index (χ0n) is 8.53. The highest BCUT2D eigenvalue weighted by atomic mass is 32.1. The number of nitrogens with two attached hydrogens (primary N) is 1. The Morgan fingerprint density at radius 1 is 1.53 bits per heavy atom. The molecule has 3 heterocycles. The van der Waals surface area contributed by atoms with Gasteiger partial charge in [-0.1, -0.05) is 0 Å². The summed E-state index contributed by atoms with van der Waals surface area (Å²) in [5.41, 5.74) is 10.1. The van der Waals surface area contributed by atoms with Crippen molar-refractivity contribution in [3.63, 3.8) is 0 Å². The van der Waals surface area contributed by atoms with Crippen LogP contribution < -0.4 is 11.2 Å². The fraction of sp³-hybridized carbons (Fsp3) is 0. The molecule has 3 aromatic heterocycles. The van der Waals surface area contributed by atoms with E-state index in [-0.39, 0.29) is 5.11 Å². The van der Waals surface area contributed by atoms with Gasteiger partial charge in [-0.15, -0.1) is 0 Å². The molecule has 0 saturated carbocycles. The minimum atomic E-state index is 0.106. The van der Waals surface area contributed by atoms with Gasteiger partial charge in [-0.3, -0.25) is 9.83 Å². The van der Waals surface area contributed by atoms with Gasteiger partial charge in [0, 0.05) is 6.20 Å². The van der Waals surface area contributed by atoms with Gasteiger partial charge in [0.2, 0.25) is 0 Å². The zero-order valence-corrected chi connectivity index (χ0v) is 9.35. The van der Waals surface area contributed by atoms with Gasteiger partial charge in [0.25, 0.3) is 0 Å². The number of imidazole rings is 1. The van der Waals surface area contributed by atoms with E-state index in [0.29, 0.717) is 11.5 Å². The highest BCUT2D eigenvalue weighted by Gasteiger charge is 2.11. The molecule has 0 aliphatic rings. The molecule has 7 nitrogen and oxygen atoms in total. The molecule has 17 heavy (non-hydrogen) atoms. The Morgan fingerprint density at radius 3 is 3.24 bits per heavy atom. The van der Waals surface area contributed by atoms with Crippen LogP contribution in [0.25, 0.3) is 16.7 Å². The Kier molecular flexibility index (Phi) is 2.08. The van der Waals surface area contributed by atoms with Crippen LogP contribution >= 0.6 is 12.2 Å². The van der Waals surface area contributed by atoms with E-state index in [2.05, 4.69) is 37.7 Å². The molecule has 0 spiro atoms. The number of hydrogen-bond donors (Lipinski definition) is 2. The summed E-state index contributed by atoms with van der Waals surface area (Å²) in [6.07, 6.45) is 4.88. The van der Waals surface area contributed by atoms with Crippen molar-refractivity contribution in [3.8, 4) is 0 Å². The van der Waals surface area contributed by atoms with E-state index in [9.17, 15) is 0 Å². The summed E-state index contributed by atoms with van der Waals surface area (Å²) in [5.74, 6) is 0.638. The molecule has 0 aromatic carbocycles. The monoisotopic (exact) mass is 245 g/mol. The average Bonchev–Trinajstić information content (AvgIpc) is 2.86. The van der Waals surface area contributed by atoms with Crippen LogP contribution in [-0.2, 0) is 0 Å². The molecule has 84 valence electrons. The Hall–Kier alpha value is -2.35. The number of nitrogens with zero attached hydrogens (tertiary/aromatic N) is 5. The summed E-state index contributed by atoms with van der Waals surface area (Å²) in [6.45, 7) is 0. The van der Waals surface area contributed by atoms with Gasteiger partial charge in [-0.2, -0.15) is 5.10 Å². The molecule has 3 aromatic rings. The van der Waals surface area contributed by atoms with Crippen LogP contribution in [0.3, 0.4) is 0 Å². The number of nitrogens with one attached hydrogen (secondary N) is 1. The SMILES string of the molecule is NC(=S)NN=Cc1nc2ncnc3ccn1c32. The van der Waals surface area contributed by atoms with Crippen LogP contribution in [0.15, 0.2) is 23.7 Å². The van der Waals surface area contributed by atoms with Crippen molar-refractivity contribution in [2.45, 2.75) is 0 Å². The summed E-state index contributed by atoms with van der Waals surface area (Å²) < 4.78 is 1.86. The highest BCUT2D eigenvalue weighted by molar-refractivity contribution is 7.80. The molecule has 8 heteroatoms. The number of hydrogen-bond acceptors (Lipinski definition) is 5. The maximum absolute atomic E-state index is 5.26. The third-order valence-electron chi connectivity index (χ3n) is 2.28. The quantitative estimate of drug-likeness (QED) is 0.371. The van der Waals surface area contributed by atoms with Crippen molar-refractivity contribution in [2.75, 3.05) is 0 Å². The number of thiocarbonyl (C=S) groups is 1. The molecule has 3 rings (SSSR count). The van der Waals surface area contributed by atoms with Crippen molar-refractivity contribution in [2.24, 2.45) is 10.8 Å². The van der Waals surface area contributed by atoms with Crippen LogP contribution in [0.4, 0.5) is 0 Å². The fourth-order valence-corrected chi connectivity index (χ4v) is 1.69. The maximum atomic E-state index is 5.26. The lowest BCUT2D eigenvalue weighted by Gasteiger charge is -1.92. The molecule has 0 saturated heterocycles. The van der Waals surface area contributed by atoms with Gasteiger partial charge in [-0.25, -0.2) is 15.0 Å². The summed E-state index contributed by atoms with van der Waals surface area (Å²) >= 11 is 4.64. The topological polar surface area (TPSA) is 93.5 Å². The summed E-state index contributed by atoms with van der Waals surface area (Å²) in [4.78, 5) is 12.5. The molecule has 0 bridgehead atoms. The Morgan fingerprint density at radius 2 is 2.41 bits per heavy atom. The van der Waals surface area contributed by atoms with Crippen LogP contribution in [0.5, 0.6) is 0 Å². The van der Waals surface area contributed by atoms with Gasteiger partial charge >= 0.3 is 0 Å². The van der Waals surface area contributed by atoms with Crippen molar-refractivity contribution < 1.29 is 0 Å². The zero-order chi connectivity index (χ0) is 11.8. The Balaban J connectivity index is 2.10. The third-order valence-corrected chi connectivity index (χ3v) is 2.37. The Bertz CT molecular complexity index is 716. The Labute approximate surface area is 101 Å². The molecular weight excluding hydrogens is 238 g/mol. The molecule has 0 aliphatic heterocycles. The van der Waals surface area contributed by atoms with Gasteiger partial charge in [-0.05, 0) is 18.3 Å². The van der Waals surface area contributed by atoms with Gasteiger partial charge in [0.15, 0.2) is 16.6 Å². The fourth-order valence-electron chi connectivity index (χ4n) is 1.64. The predicted molar refractivity (Wildman–Crippen MR) is 67.0 cm³/mol. The molecule has 0 radical (unpaired) electrons. The first-order valence-corrected chi connectivity index (χ1v) is 5.16. The summed E-state index contributed by atoms with van der Waals surface area (Å²) in [5, 5.41) is 3.97. The first-order valence-electron chi connectivity index (χ1n) is 4.75. The molecule has 0 atom stereocenters. The molecule has 0 amide bonds. The van der Waals surface area contributed by atoms with Crippen LogP contribution in [-0.4, -0.2) is 30.7 Å². The lowest BCUT2D eigenvalue weighted by Crippen LogP contribution is -2.24. The number of rotatable bonds is 2. The van der Waals surface area contributed by atoms with Crippen LogP contribution in [0.2, 0.25) is 0 Å². The van der Waals surface area contributed by atoms with Crippen molar-refractivity contribution in [3.05, 3.63) is 24.4 Å². The maximum Gasteiger partial charge on any atom is 0.184 e. The lowest BCUT2D eigenvalue weighted by atomic mass is 10.4. The van der Waals surface area contributed by atoms with E-state index < -0.39 is 0 Å². The normalized spacial score (nSPS) is 11.8. The van der Waals surface area contributed by atoms with E-state index in [1.807, 2.05) is 16.7 Å². The van der Waals surface area contributed by atoms with Crippen LogP contribution in [0.1, 0.15) is 5.82 Å². The lowest BCUT2D eigenvalue weighted by molar-refractivity contribution is 1.03. The first-order chi connectivity index (χ1) is 8.25. The van der Waals surface area contributed by atoms with Gasteiger partial charge in [0.05, 0.1) is 11.7 Å². The number of hydrazone groups is 1. The molecule has 0 unspecified atom stereocenters. The molecular formula is C9H7N7S. The molecule has 0 fully saturated rings. The molecule has 3 N–H and O–H groups in total. The minimum Gasteiger partial charge on any atom is -0.375 e. The summed E-state index contributed by atoms with van der Waals surface area (Å²) in [7, 11) is 0. The average molecular weight is 245 g/mol. The first kappa shape index (κ1) is 9.85. The van der Waals surface area contributed by atoms with Gasteiger partial charge in [0.1, 0.15) is 11.8 Å². The smallest absolute Gasteiger partial charge is 0.184 e. The van der Waals surface area contributed by atoms with Crippen LogP contribution in [0, 0.1) is 0 Å². The van der Waals surface area contributed by atoms with E-state index in [1.165, 1.54) is 12.5 Å². The van der Waals surface area contributed by atoms with E-state index in [1.54, 1.807) is 0 Å². The third kappa shape index (κ3) is 1.54. The van der Waals surface area contributed by atoms with E-state index >= 15 is 0 Å². The highest BCUT2D eigenvalue weighted by Crippen LogP contribution is 2.18. The second-order valence-electron chi connectivity index (χ2n) is 3.32. The van der Waals surface area contributed by atoms with E-state index in [0.717, 1.165) is 11.0 Å². The van der Waals surface area contributed by atoms with Gasteiger partial charge < -0.3 is 5.73 Å². The summed E-state index contributed by atoms with van der Waals surface area (Å²) in [6, 6.07) is 1.89. The van der Waals surface area contributed by atoms with Crippen molar-refractivity contribution >= 4 is 40.2 Å². The van der Waals surface area contributed by atoms with Crippen molar-refractivity contribution in [1.29, 1.82) is 0 Å². The standard InChI is InChI=1S/C9H7N7S/c10-9(17)15-13-3-6-14-8-7-5(11-4-12-8)1-2-16(6)7/h1-4H,(H3,10,15,17). The van der Waals surface area contributed by atoms with Crippen molar-refractivity contribution in [1.82, 2.24) is 24.8 Å². The molecule has 0 aliphatic carbocycles.